The zero-order valence-corrected chi connectivity index (χ0v) is 11.1. The third-order valence-corrected chi connectivity index (χ3v) is 3.53. The second kappa shape index (κ2) is 6.45. The number of aromatic nitrogens is 3. The van der Waals surface area contributed by atoms with Crippen LogP contribution in [0.4, 0.5) is 0 Å². The van der Waals surface area contributed by atoms with Crippen molar-refractivity contribution >= 4 is 16.0 Å². The summed E-state index contributed by atoms with van der Waals surface area (Å²) in [5, 5.41) is 3.94. The Balaban J connectivity index is 2.33. The first-order chi connectivity index (χ1) is 8.43. The van der Waals surface area contributed by atoms with Crippen LogP contribution in [0.25, 0.3) is 0 Å². The molecular formula is C9H16N4O4S. The topological polar surface area (TPSA) is 103 Å². The van der Waals surface area contributed by atoms with E-state index in [1.807, 2.05) is 0 Å². The Morgan fingerprint density at radius 1 is 1.56 bits per heavy atom. The van der Waals surface area contributed by atoms with Crippen molar-refractivity contribution in [3.8, 4) is 0 Å². The minimum atomic E-state index is -3.42. The average molecular weight is 276 g/mol. The normalized spacial score (nSPS) is 11.4. The van der Waals surface area contributed by atoms with Gasteiger partial charge in [-0.1, -0.05) is 0 Å². The summed E-state index contributed by atoms with van der Waals surface area (Å²) in [6.45, 7) is 0.0431. The zero-order chi connectivity index (χ0) is 13.6. The van der Waals surface area contributed by atoms with Crippen molar-refractivity contribution in [1.82, 2.24) is 19.5 Å². The molecule has 0 radical (unpaired) electrons. The highest BCUT2D eigenvalue weighted by molar-refractivity contribution is 7.89. The highest BCUT2D eigenvalue weighted by Gasteiger charge is 2.12. The second-order valence-electron chi connectivity index (χ2n) is 3.65. The molecule has 0 fully saturated rings. The van der Waals surface area contributed by atoms with Gasteiger partial charge in [-0.05, 0) is 6.42 Å². The number of hydrogen-bond acceptors (Lipinski definition) is 6. The molecule has 18 heavy (non-hydrogen) atoms. The fourth-order valence-electron chi connectivity index (χ4n) is 1.22. The predicted molar refractivity (Wildman–Crippen MR) is 62.9 cm³/mol. The minimum absolute atomic E-state index is 0.0431. The largest absolute Gasteiger partial charge is 0.469 e. The van der Waals surface area contributed by atoms with Crippen LogP contribution in [0.1, 0.15) is 18.7 Å². The predicted octanol–water partition coefficient (Wildman–Crippen LogP) is -0.812. The molecule has 8 nitrogen and oxygen atoms in total. The van der Waals surface area contributed by atoms with Gasteiger partial charge in [-0.15, -0.1) is 0 Å². The molecule has 1 heterocycles. The van der Waals surface area contributed by atoms with Crippen molar-refractivity contribution in [2.45, 2.75) is 19.4 Å². The van der Waals surface area contributed by atoms with Crippen molar-refractivity contribution in [3.05, 3.63) is 12.2 Å². The maximum Gasteiger partial charge on any atom is 0.305 e. The van der Waals surface area contributed by atoms with Gasteiger partial charge in [0.2, 0.25) is 10.0 Å². The van der Waals surface area contributed by atoms with Crippen molar-refractivity contribution in [1.29, 1.82) is 0 Å². The number of ether oxygens (including phenoxy) is 1. The van der Waals surface area contributed by atoms with Crippen LogP contribution in [0.5, 0.6) is 0 Å². The molecule has 1 rings (SSSR count). The molecule has 0 aromatic carbocycles. The number of rotatable bonds is 7. The van der Waals surface area contributed by atoms with Crippen molar-refractivity contribution in [3.63, 3.8) is 0 Å². The van der Waals surface area contributed by atoms with Crippen LogP contribution in [-0.4, -0.2) is 42.0 Å². The summed E-state index contributed by atoms with van der Waals surface area (Å²) in [6, 6.07) is 0. The lowest BCUT2D eigenvalue weighted by Crippen LogP contribution is -2.26. The molecule has 0 spiro atoms. The average Bonchev–Trinajstić information content (AvgIpc) is 2.72. The molecule has 1 aromatic rings. The first-order valence-corrected chi connectivity index (χ1v) is 6.97. The summed E-state index contributed by atoms with van der Waals surface area (Å²) >= 11 is 0. The summed E-state index contributed by atoms with van der Waals surface area (Å²) in [5.41, 5.74) is 0. The Bertz CT molecular complexity index is 496. The second-order valence-corrected chi connectivity index (χ2v) is 5.58. The molecule has 0 aliphatic rings. The lowest BCUT2D eigenvalue weighted by Gasteiger charge is -2.04. The number of methoxy groups -OCH3 is 1. The fraction of sp³-hybridized carbons (Fsp3) is 0.667. The number of nitrogens with zero attached hydrogens (tertiary/aromatic N) is 3. The van der Waals surface area contributed by atoms with Gasteiger partial charge in [-0.2, -0.15) is 5.10 Å². The summed E-state index contributed by atoms with van der Waals surface area (Å²) in [4.78, 5) is 14.7. The van der Waals surface area contributed by atoms with Crippen molar-refractivity contribution < 1.29 is 17.9 Å². The lowest BCUT2D eigenvalue weighted by atomic mass is 10.3. The first kappa shape index (κ1) is 14.6. The maximum atomic E-state index is 11.6. The molecule has 0 atom stereocenters. The highest BCUT2D eigenvalue weighted by atomic mass is 32.2. The molecule has 0 unspecified atom stereocenters. The van der Waals surface area contributed by atoms with E-state index in [0.29, 0.717) is 5.82 Å². The van der Waals surface area contributed by atoms with E-state index in [0.717, 1.165) is 0 Å². The van der Waals surface area contributed by atoms with E-state index >= 15 is 0 Å². The van der Waals surface area contributed by atoms with Crippen LogP contribution in [0, 0.1) is 0 Å². The van der Waals surface area contributed by atoms with E-state index < -0.39 is 16.0 Å². The number of carbonyl (C=O) groups excluding carboxylic acids is 1. The van der Waals surface area contributed by atoms with Crippen LogP contribution in [0.3, 0.4) is 0 Å². The quantitative estimate of drug-likeness (QED) is 0.653. The molecule has 0 saturated heterocycles. The fourth-order valence-corrected chi connectivity index (χ4v) is 2.24. The highest BCUT2D eigenvalue weighted by Crippen LogP contribution is 1.97. The van der Waals surface area contributed by atoms with Gasteiger partial charge in [-0.3, -0.25) is 9.48 Å². The summed E-state index contributed by atoms with van der Waals surface area (Å²) in [5.74, 6) is -0.153. The Labute approximate surface area is 105 Å². The van der Waals surface area contributed by atoms with E-state index in [-0.39, 0.29) is 25.1 Å². The van der Waals surface area contributed by atoms with Crippen LogP contribution in [-0.2, 0) is 33.1 Å². The standard InChI is InChI=1S/C9H16N4O4S/c1-13-7-10-8(12-13)6-11-18(15,16)5-3-4-9(14)17-2/h7,11H,3-6H2,1-2H3. The molecule has 0 amide bonds. The van der Waals surface area contributed by atoms with Crippen LogP contribution in [0.2, 0.25) is 0 Å². The van der Waals surface area contributed by atoms with Crippen molar-refractivity contribution in [2.24, 2.45) is 7.05 Å². The maximum absolute atomic E-state index is 11.6. The van der Waals surface area contributed by atoms with Gasteiger partial charge in [0.25, 0.3) is 0 Å². The number of nitrogens with one attached hydrogen (secondary N) is 1. The number of esters is 1. The molecule has 0 bridgehead atoms. The van der Waals surface area contributed by atoms with E-state index in [1.54, 1.807) is 7.05 Å². The smallest absolute Gasteiger partial charge is 0.305 e. The molecule has 9 heteroatoms. The summed E-state index contributed by atoms with van der Waals surface area (Å²) in [7, 11) is -0.460. The minimum Gasteiger partial charge on any atom is -0.469 e. The van der Waals surface area contributed by atoms with Crippen LogP contribution >= 0.6 is 0 Å². The number of sulfonamides is 1. The molecule has 1 aromatic heterocycles. The van der Waals surface area contributed by atoms with Gasteiger partial charge < -0.3 is 4.74 Å². The molecule has 1 N–H and O–H groups in total. The molecule has 0 aliphatic heterocycles. The Hall–Kier alpha value is -1.48. The van der Waals surface area contributed by atoms with Gasteiger partial charge in [0.15, 0.2) is 5.82 Å². The van der Waals surface area contributed by atoms with Gasteiger partial charge in [-0.25, -0.2) is 18.1 Å². The van der Waals surface area contributed by atoms with E-state index in [2.05, 4.69) is 19.5 Å². The number of hydrogen-bond donors (Lipinski definition) is 1. The number of aryl methyl sites for hydroxylation is 1. The Morgan fingerprint density at radius 3 is 2.83 bits per heavy atom. The first-order valence-electron chi connectivity index (χ1n) is 5.31. The monoisotopic (exact) mass is 276 g/mol. The van der Waals surface area contributed by atoms with Crippen LogP contribution in [0.15, 0.2) is 6.33 Å². The van der Waals surface area contributed by atoms with Gasteiger partial charge in [0.1, 0.15) is 6.33 Å². The third kappa shape index (κ3) is 5.23. The van der Waals surface area contributed by atoms with Gasteiger partial charge >= 0.3 is 5.97 Å². The van der Waals surface area contributed by atoms with Gasteiger partial charge in [0.05, 0.1) is 19.4 Å². The molecule has 0 aliphatic carbocycles. The number of carbonyl (C=O) groups is 1. The SMILES string of the molecule is COC(=O)CCCS(=O)(=O)NCc1ncn(C)n1. The molecular weight excluding hydrogens is 260 g/mol. The zero-order valence-electron chi connectivity index (χ0n) is 10.3. The lowest BCUT2D eigenvalue weighted by molar-refractivity contribution is -0.140. The summed E-state index contributed by atoms with van der Waals surface area (Å²) in [6.07, 6.45) is 1.79. The molecule has 0 saturated carbocycles. The van der Waals surface area contributed by atoms with E-state index in [9.17, 15) is 13.2 Å². The van der Waals surface area contributed by atoms with Crippen LogP contribution < -0.4 is 4.72 Å². The molecule has 102 valence electrons. The third-order valence-electron chi connectivity index (χ3n) is 2.12. The van der Waals surface area contributed by atoms with Crippen molar-refractivity contribution in [2.75, 3.05) is 12.9 Å². The van der Waals surface area contributed by atoms with Gasteiger partial charge in [0, 0.05) is 13.5 Å². The Kier molecular flexibility index (Phi) is 5.23. The summed E-state index contributed by atoms with van der Waals surface area (Å²) < 4.78 is 31.4. The van der Waals surface area contributed by atoms with E-state index in [1.165, 1.54) is 18.1 Å². The Morgan fingerprint density at radius 2 is 2.28 bits per heavy atom. The van der Waals surface area contributed by atoms with E-state index in [4.69, 9.17) is 0 Å².